The normalized spacial score (nSPS) is 18.6. The molecule has 4 nitrogen and oxygen atoms in total. The van der Waals surface area contributed by atoms with Gasteiger partial charge in [0.15, 0.2) is 0 Å². The van der Waals surface area contributed by atoms with Crippen LogP contribution in [0.5, 0.6) is 0 Å². The molecule has 0 fully saturated rings. The molecule has 2 aromatic rings. The molecule has 0 saturated carbocycles. The number of nitrogens with one attached hydrogen (secondary N) is 2. The van der Waals surface area contributed by atoms with E-state index in [9.17, 15) is 4.79 Å². The van der Waals surface area contributed by atoms with Crippen LogP contribution >= 0.6 is 15.9 Å². The molecule has 1 aromatic carbocycles. The van der Waals surface area contributed by atoms with E-state index in [-0.39, 0.29) is 11.8 Å². The average molecular weight is 292 g/mol. The number of rotatable bonds is 1. The topological polar surface area (TPSA) is 57.8 Å². The molecule has 0 spiro atoms. The molecular formula is C12H10BrN3O. The van der Waals surface area contributed by atoms with Gasteiger partial charge in [0.25, 0.3) is 0 Å². The number of hydrogen-bond acceptors (Lipinski definition) is 2. The van der Waals surface area contributed by atoms with Crippen LogP contribution in [0.2, 0.25) is 0 Å². The van der Waals surface area contributed by atoms with Crippen molar-refractivity contribution in [3.63, 3.8) is 0 Å². The lowest BCUT2D eigenvalue weighted by atomic mass is 9.88. The number of hydrogen-bond donors (Lipinski definition) is 2. The van der Waals surface area contributed by atoms with E-state index in [0.29, 0.717) is 6.42 Å². The summed E-state index contributed by atoms with van der Waals surface area (Å²) in [6.07, 6.45) is 2.16. The van der Waals surface area contributed by atoms with Crippen molar-refractivity contribution in [1.29, 1.82) is 0 Å². The van der Waals surface area contributed by atoms with E-state index in [4.69, 9.17) is 0 Å². The number of halogens is 1. The zero-order chi connectivity index (χ0) is 11.8. The van der Waals surface area contributed by atoms with Gasteiger partial charge in [-0.1, -0.05) is 15.9 Å². The lowest BCUT2D eigenvalue weighted by Gasteiger charge is -2.24. The lowest BCUT2D eigenvalue weighted by molar-refractivity contribution is -0.116. The Balaban J connectivity index is 2.13. The number of nitrogens with zero attached hydrogens (tertiary/aromatic N) is 1. The molecule has 1 aliphatic rings. The number of carbonyl (C=O) groups excluding carboxylic acids is 1. The molecule has 0 aliphatic carbocycles. The summed E-state index contributed by atoms with van der Waals surface area (Å²) in [5.41, 5.74) is 2.96. The number of benzene rings is 1. The van der Waals surface area contributed by atoms with Crippen molar-refractivity contribution in [2.75, 3.05) is 5.32 Å². The molecule has 17 heavy (non-hydrogen) atoms. The molecule has 0 saturated heterocycles. The van der Waals surface area contributed by atoms with Crippen LogP contribution in [0.1, 0.15) is 23.6 Å². The van der Waals surface area contributed by atoms with Crippen LogP contribution in [0, 0.1) is 0 Å². The van der Waals surface area contributed by atoms with Crippen LogP contribution in [-0.4, -0.2) is 16.1 Å². The van der Waals surface area contributed by atoms with E-state index in [1.54, 1.807) is 6.20 Å². The third kappa shape index (κ3) is 1.86. The second-order valence-electron chi connectivity index (χ2n) is 4.05. The van der Waals surface area contributed by atoms with Gasteiger partial charge in [0.05, 0.1) is 0 Å². The number of carbonyl (C=O) groups is 1. The maximum Gasteiger partial charge on any atom is 0.225 e. The van der Waals surface area contributed by atoms with Crippen molar-refractivity contribution in [1.82, 2.24) is 10.2 Å². The minimum absolute atomic E-state index is 0.0411. The number of aromatic nitrogens is 2. The van der Waals surface area contributed by atoms with E-state index in [1.807, 2.05) is 24.3 Å². The van der Waals surface area contributed by atoms with E-state index in [1.165, 1.54) is 0 Å². The molecule has 0 bridgehead atoms. The van der Waals surface area contributed by atoms with Gasteiger partial charge in [-0.15, -0.1) is 0 Å². The Bertz CT molecular complexity index is 565. The van der Waals surface area contributed by atoms with Crippen LogP contribution in [-0.2, 0) is 4.79 Å². The Morgan fingerprint density at radius 1 is 1.35 bits per heavy atom. The number of anilines is 1. The molecule has 1 unspecified atom stereocenters. The van der Waals surface area contributed by atoms with Crippen molar-refractivity contribution in [2.24, 2.45) is 0 Å². The Hall–Kier alpha value is -1.62. The van der Waals surface area contributed by atoms with Gasteiger partial charge in [0.2, 0.25) is 5.91 Å². The highest BCUT2D eigenvalue weighted by molar-refractivity contribution is 9.10. The van der Waals surface area contributed by atoms with E-state index < -0.39 is 0 Å². The Labute approximate surface area is 107 Å². The van der Waals surface area contributed by atoms with Gasteiger partial charge < -0.3 is 5.32 Å². The summed E-state index contributed by atoms with van der Waals surface area (Å²) >= 11 is 3.46. The molecule has 1 aliphatic heterocycles. The summed E-state index contributed by atoms with van der Waals surface area (Å²) in [5.74, 6) is 0.0955. The summed E-state index contributed by atoms with van der Waals surface area (Å²) in [5, 5.41) is 9.78. The average Bonchev–Trinajstić information content (AvgIpc) is 2.82. The molecule has 5 heteroatoms. The third-order valence-corrected chi connectivity index (χ3v) is 3.44. The van der Waals surface area contributed by atoms with Crippen LogP contribution in [0.15, 0.2) is 34.9 Å². The maximum absolute atomic E-state index is 11.7. The van der Waals surface area contributed by atoms with Crippen molar-refractivity contribution in [3.8, 4) is 0 Å². The first-order valence-electron chi connectivity index (χ1n) is 5.32. The smallest absolute Gasteiger partial charge is 0.225 e. The quantitative estimate of drug-likeness (QED) is 0.849. The van der Waals surface area contributed by atoms with Crippen LogP contribution in [0.3, 0.4) is 0 Å². The standard InChI is InChI=1S/C12H10BrN3O/c13-7-1-2-10-8(5-7)9(6-12(17)15-10)11-3-4-14-16-11/h1-5,9H,6H2,(H,14,16)(H,15,17). The molecule has 3 rings (SSSR count). The van der Waals surface area contributed by atoms with Gasteiger partial charge in [-0.05, 0) is 29.8 Å². The Morgan fingerprint density at radius 2 is 2.24 bits per heavy atom. The fourth-order valence-electron chi connectivity index (χ4n) is 2.17. The summed E-state index contributed by atoms with van der Waals surface area (Å²) in [6, 6.07) is 7.79. The molecule has 2 N–H and O–H groups in total. The highest BCUT2D eigenvalue weighted by atomic mass is 79.9. The Kier molecular flexibility index (Phi) is 2.48. The van der Waals surface area contributed by atoms with Gasteiger partial charge in [-0.25, -0.2) is 0 Å². The largest absolute Gasteiger partial charge is 0.326 e. The fourth-order valence-corrected chi connectivity index (χ4v) is 2.55. The van der Waals surface area contributed by atoms with Crippen LogP contribution < -0.4 is 5.32 Å². The SMILES string of the molecule is O=C1CC(c2ccn[nH]2)c2cc(Br)ccc2N1. The van der Waals surface area contributed by atoms with E-state index >= 15 is 0 Å². The van der Waals surface area contributed by atoms with Gasteiger partial charge >= 0.3 is 0 Å². The predicted molar refractivity (Wildman–Crippen MR) is 67.8 cm³/mol. The van der Waals surface area contributed by atoms with Crippen LogP contribution in [0.25, 0.3) is 0 Å². The first-order valence-corrected chi connectivity index (χ1v) is 6.12. The molecule has 1 amide bonds. The summed E-state index contributed by atoms with van der Waals surface area (Å²) in [4.78, 5) is 11.7. The number of fused-ring (bicyclic) bond motifs is 1. The fraction of sp³-hybridized carbons (Fsp3) is 0.167. The minimum atomic E-state index is 0.0411. The molecule has 86 valence electrons. The highest BCUT2D eigenvalue weighted by Gasteiger charge is 2.27. The predicted octanol–water partition coefficient (Wildman–Crippen LogP) is 2.65. The number of aromatic amines is 1. The van der Waals surface area contributed by atoms with Crippen LogP contribution in [0.4, 0.5) is 5.69 Å². The van der Waals surface area contributed by atoms with E-state index in [0.717, 1.165) is 21.4 Å². The molecule has 1 aromatic heterocycles. The Morgan fingerprint density at radius 3 is 3.00 bits per heavy atom. The van der Waals surface area contributed by atoms with E-state index in [2.05, 4.69) is 31.4 Å². The third-order valence-electron chi connectivity index (χ3n) is 2.95. The van der Waals surface area contributed by atoms with Crippen molar-refractivity contribution in [3.05, 3.63) is 46.2 Å². The first kappa shape index (κ1) is 10.5. The number of H-pyrrole nitrogens is 1. The van der Waals surface area contributed by atoms with Gasteiger partial charge in [0, 0.05) is 34.4 Å². The minimum Gasteiger partial charge on any atom is -0.326 e. The second-order valence-corrected chi connectivity index (χ2v) is 4.96. The van der Waals surface area contributed by atoms with Gasteiger partial charge in [-0.3, -0.25) is 9.89 Å². The van der Waals surface area contributed by atoms with Gasteiger partial charge in [-0.2, -0.15) is 5.10 Å². The lowest BCUT2D eigenvalue weighted by Crippen LogP contribution is -2.23. The molecule has 0 radical (unpaired) electrons. The molecule has 2 heterocycles. The molecule has 1 atom stereocenters. The zero-order valence-electron chi connectivity index (χ0n) is 8.90. The van der Waals surface area contributed by atoms with Crippen molar-refractivity contribution < 1.29 is 4.79 Å². The number of amides is 1. The summed E-state index contributed by atoms with van der Waals surface area (Å²) in [6.45, 7) is 0. The maximum atomic E-state index is 11.7. The zero-order valence-corrected chi connectivity index (χ0v) is 10.5. The molecular weight excluding hydrogens is 282 g/mol. The monoisotopic (exact) mass is 291 g/mol. The van der Waals surface area contributed by atoms with Crippen molar-refractivity contribution >= 4 is 27.5 Å². The summed E-state index contributed by atoms with van der Waals surface area (Å²) in [7, 11) is 0. The first-order chi connectivity index (χ1) is 8.24. The van der Waals surface area contributed by atoms with Gasteiger partial charge in [0.1, 0.15) is 0 Å². The second kappa shape index (κ2) is 4.00. The highest BCUT2D eigenvalue weighted by Crippen LogP contribution is 2.37. The summed E-state index contributed by atoms with van der Waals surface area (Å²) < 4.78 is 1.01. The van der Waals surface area contributed by atoms with Crippen molar-refractivity contribution in [2.45, 2.75) is 12.3 Å².